The number of nitrogens with zero attached hydrogens (tertiary/aromatic N) is 3. The molecule has 0 fully saturated rings. The molecule has 1 aliphatic heterocycles. The summed E-state index contributed by atoms with van der Waals surface area (Å²) < 4.78 is 12.9. The van der Waals surface area contributed by atoms with Gasteiger partial charge in [0.05, 0.1) is 7.11 Å². The number of fused-ring (bicyclic) bond motifs is 1. The molecule has 2 aromatic heterocycles. The predicted octanol–water partition coefficient (Wildman–Crippen LogP) is 3.04. The number of para-hydroxylation sites is 1. The maximum absolute atomic E-state index is 13.5. The van der Waals surface area contributed by atoms with Crippen LogP contribution >= 0.6 is 11.3 Å². The highest BCUT2D eigenvalue weighted by molar-refractivity contribution is 7.07. The molecule has 35 heavy (non-hydrogen) atoms. The Bertz CT molecular complexity index is 1240. The van der Waals surface area contributed by atoms with E-state index in [2.05, 4.69) is 0 Å². The number of hydrogen-bond acceptors (Lipinski definition) is 6. The number of rotatable bonds is 7. The van der Waals surface area contributed by atoms with Crippen LogP contribution in [0.3, 0.4) is 0 Å². The SMILES string of the molecule is COc1cc(=O)n2c(c1C(=O)N(C)Cc1ccsc1)CCN(C(=O)C(C)Oc1ccccc1)CC2. The summed E-state index contributed by atoms with van der Waals surface area (Å²) in [7, 11) is 3.19. The van der Waals surface area contributed by atoms with Crippen molar-refractivity contribution >= 4 is 23.2 Å². The number of thiophene rings is 1. The molecule has 1 aromatic carbocycles. The summed E-state index contributed by atoms with van der Waals surface area (Å²) in [6.45, 7) is 3.16. The van der Waals surface area contributed by atoms with Crippen LogP contribution in [0.15, 0.2) is 58.0 Å². The van der Waals surface area contributed by atoms with Crippen molar-refractivity contribution in [2.75, 3.05) is 27.2 Å². The molecule has 0 aliphatic carbocycles. The third kappa shape index (κ3) is 5.40. The quantitative estimate of drug-likeness (QED) is 0.503. The molecule has 0 N–H and O–H groups in total. The van der Waals surface area contributed by atoms with Crippen LogP contribution in [0.5, 0.6) is 11.5 Å². The highest BCUT2D eigenvalue weighted by atomic mass is 32.1. The van der Waals surface area contributed by atoms with Gasteiger partial charge in [-0.3, -0.25) is 14.4 Å². The second-order valence-corrected chi connectivity index (χ2v) is 9.25. The molecule has 3 aromatic rings. The van der Waals surface area contributed by atoms with Crippen molar-refractivity contribution in [3.63, 3.8) is 0 Å². The Morgan fingerprint density at radius 1 is 1.14 bits per heavy atom. The van der Waals surface area contributed by atoms with E-state index in [0.29, 0.717) is 43.1 Å². The van der Waals surface area contributed by atoms with Crippen molar-refractivity contribution in [2.45, 2.75) is 32.5 Å². The number of aromatic nitrogens is 1. The van der Waals surface area contributed by atoms with Crippen molar-refractivity contribution in [1.82, 2.24) is 14.4 Å². The van der Waals surface area contributed by atoms with Gasteiger partial charge in [-0.15, -0.1) is 0 Å². The lowest BCUT2D eigenvalue weighted by atomic mass is 10.1. The first-order valence-electron chi connectivity index (χ1n) is 11.5. The monoisotopic (exact) mass is 495 g/mol. The van der Waals surface area contributed by atoms with Gasteiger partial charge in [0.1, 0.15) is 17.1 Å². The Kier molecular flexibility index (Phi) is 7.55. The number of benzene rings is 1. The van der Waals surface area contributed by atoms with Gasteiger partial charge in [-0.25, -0.2) is 0 Å². The van der Waals surface area contributed by atoms with Crippen LogP contribution in [0.2, 0.25) is 0 Å². The minimum Gasteiger partial charge on any atom is -0.496 e. The van der Waals surface area contributed by atoms with Gasteiger partial charge in [0.15, 0.2) is 6.10 Å². The van der Waals surface area contributed by atoms with Gasteiger partial charge in [0.2, 0.25) is 0 Å². The number of pyridine rings is 1. The van der Waals surface area contributed by atoms with E-state index < -0.39 is 6.10 Å². The van der Waals surface area contributed by atoms with Crippen molar-refractivity contribution in [3.05, 3.63) is 80.4 Å². The molecular formula is C26H29N3O5S. The van der Waals surface area contributed by atoms with E-state index in [4.69, 9.17) is 9.47 Å². The summed E-state index contributed by atoms with van der Waals surface area (Å²) in [5.74, 6) is 0.486. The second-order valence-electron chi connectivity index (χ2n) is 8.47. The Morgan fingerprint density at radius 2 is 1.91 bits per heavy atom. The fourth-order valence-electron chi connectivity index (χ4n) is 4.29. The summed E-state index contributed by atoms with van der Waals surface area (Å²) in [4.78, 5) is 42.8. The largest absolute Gasteiger partial charge is 0.496 e. The van der Waals surface area contributed by atoms with Gasteiger partial charge < -0.3 is 23.8 Å². The third-order valence-corrected chi connectivity index (χ3v) is 6.82. The van der Waals surface area contributed by atoms with E-state index in [0.717, 1.165) is 5.56 Å². The minimum atomic E-state index is -0.678. The molecule has 2 amide bonds. The molecule has 184 valence electrons. The standard InChI is InChI=1S/C26H29N3O5S/c1-18(34-20-7-5-4-6-8-20)25(31)28-11-9-21-24(22(33-3)15-23(30)29(21)13-12-28)26(32)27(2)16-19-10-14-35-17-19/h4-8,10,14-15,17-18H,9,11-13,16H2,1-3H3. The van der Waals surface area contributed by atoms with Crippen LogP contribution in [0.25, 0.3) is 0 Å². The smallest absolute Gasteiger partial charge is 0.263 e. The summed E-state index contributed by atoms with van der Waals surface area (Å²) in [5.41, 5.74) is 1.74. The molecule has 0 saturated carbocycles. The van der Waals surface area contributed by atoms with Crippen LogP contribution in [-0.4, -0.2) is 59.5 Å². The number of ether oxygens (including phenoxy) is 2. The molecule has 1 aliphatic rings. The Morgan fingerprint density at radius 3 is 2.60 bits per heavy atom. The summed E-state index contributed by atoms with van der Waals surface area (Å²) in [5, 5.41) is 3.97. The summed E-state index contributed by atoms with van der Waals surface area (Å²) in [6.07, 6.45) is -0.327. The molecule has 4 rings (SSSR count). The number of amides is 2. The van der Waals surface area contributed by atoms with E-state index in [9.17, 15) is 14.4 Å². The van der Waals surface area contributed by atoms with Gasteiger partial charge in [0.25, 0.3) is 17.4 Å². The highest BCUT2D eigenvalue weighted by Crippen LogP contribution is 2.25. The predicted molar refractivity (Wildman–Crippen MR) is 134 cm³/mol. The second kappa shape index (κ2) is 10.8. The van der Waals surface area contributed by atoms with Crippen molar-refractivity contribution < 1.29 is 19.1 Å². The molecule has 1 atom stereocenters. The van der Waals surface area contributed by atoms with E-state index in [-0.39, 0.29) is 29.7 Å². The van der Waals surface area contributed by atoms with E-state index >= 15 is 0 Å². The Hall–Kier alpha value is -3.59. The molecule has 0 saturated heterocycles. The zero-order valence-electron chi connectivity index (χ0n) is 20.1. The zero-order valence-corrected chi connectivity index (χ0v) is 20.9. The molecule has 9 heteroatoms. The molecular weight excluding hydrogens is 466 g/mol. The summed E-state index contributed by atoms with van der Waals surface area (Å²) >= 11 is 1.57. The van der Waals surface area contributed by atoms with Gasteiger partial charge in [-0.2, -0.15) is 11.3 Å². The van der Waals surface area contributed by atoms with Crippen LogP contribution in [-0.2, 0) is 24.3 Å². The van der Waals surface area contributed by atoms with Gasteiger partial charge in [-0.05, 0) is 41.4 Å². The van der Waals surface area contributed by atoms with Gasteiger partial charge in [-0.1, -0.05) is 18.2 Å². The van der Waals surface area contributed by atoms with E-state index in [1.165, 1.54) is 13.2 Å². The van der Waals surface area contributed by atoms with Crippen LogP contribution in [0.4, 0.5) is 0 Å². The number of carbonyl (C=O) groups excluding carboxylic acids is 2. The van der Waals surface area contributed by atoms with Crippen LogP contribution < -0.4 is 15.0 Å². The fourth-order valence-corrected chi connectivity index (χ4v) is 4.95. The van der Waals surface area contributed by atoms with Crippen molar-refractivity contribution in [3.8, 4) is 11.5 Å². The summed E-state index contributed by atoms with van der Waals surface area (Å²) in [6, 6.07) is 12.5. The first kappa shape index (κ1) is 24.5. The molecule has 1 unspecified atom stereocenters. The maximum atomic E-state index is 13.5. The van der Waals surface area contributed by atoms with Crippen molar-refractivity contribution in [2.24, 2.45) is 0 Å². The fraction of sp³-hybridized carbons (Fsp3) is 0.346. The number of hydrogen-bond donors (Lipinski definition) is 0. The zero-order chi connectivity index (χ0) is 24.9. The first-order valence-corrected chi connectivity index (χ1v) is 12.4. The minimum absolute atomic E-state index is 0.163. The number of methoxy groups -OCH3 is 1. The lowest BCUT2D eigenvalue weighted by Crippen LogP contribution is -2.42. The molecule has 8 nitrogen and oxygen atoms in total. The Labute approximate surface area is 208 Å². The van der Waals surface area contributed by atoms with Gasteiger partial charge >= 0.3 is 0 Å². The molecule has 0 radical (unpaired) electrons. The van der Waals surface area contributed by atoms with E-state index in [1.807, 2.05) is 35.0 Å². The number of carbonyl (C=O) groups is 2. The average molecular weight is 496 g/mol. The Balaban J connectivity index is 1.57. The lowest BCUT2D eigenvalue weighted by Gasteiger charge is -2.24. The van der Waals surface area contributed by atoms with E-state index in [1.54, 1.807) is 51.8 Å². The first-order chi connectivity index (χ1) is 16.9. The lowest BCUT2D eigenvalue weighted by molar-refractivity contribution is -0.137. The van der Waals surface area contributed by atoms with Crippen LogP contribution in [0, 0.1) is 0 Å². The topological polar surface area (TPSA) is 81.1 Å². The average Bonchev–Trinajstić information content (AvgIpc) is 3.27. The van der Waals surface area contributed by atoms with Crippen LogP contribution in [0.1, 0.15) is 28.5 Å². The molecule has 0 spiro atoms. The molecule has 0 bridgehead atoms. The normalized spacial score (nSPS) is 14.0. The maximum Gasteiger partial charge on any atom is 0.263 e. The highest BCUT2D eigenvalue weighted by Gasteiger charge is 2.30. The molecule has 3 heterocycles. The third-order valence-electron chi connectivity index (χ3n) is 6.09. The van der Waals surface area contributed by atoms with Gasteiger partial charge in [0, 0.05) is 51.4 Å². The van der Waals surface area contributed by atoms with Crippen molar-refractivity contribution in [1.29, 1.82) is 0 Å².